The number of aromatic nitrogens is 1. The van der Waals surface area contributed by atoms with Gasteiger partial charge in [-0.2, -0.15) is 0 Å². The molecule has 2 heterocycles. The van der Waals surface area contributed by atoms with Gasteiger partial charge in [-0.05, 0) is 57.9 Å². The maximum absolute atomic E-state index is 3.63. The van der Waals surface area contributed by atoms with E-state index >= 15 is 0 Å². The van der Waals surface area contributed by atoms with Crippen molar-refractivity contribution in [2.45, 2.75) is 32.0 Å². The Labute approximate surface area is 136 Å². The first-order valence-corrected chi connectivity index (χ1v) is 8.95. The summed E-state index contributed by atoms with van der Waals surface area (Å²) in [5, 5.41) is 4.97. The van der Waals surface area contributed by atoms with Crippen LogP contribution in [0, 0.1) is 0 Å². The summed E-state index contributed by atoms with van der Waals surface area (Å²) in [6.07, 6.45) is 4.87. The van der Waals surface area contributed by atoms with Crippen LogP contribution in [-0.4, -0.2) is 10.6 Å². The monoisotopic (exact) mass is 360 g/mol. The largest absolute Gasteiger partial charge is 0.342 e. The lowest BCUT2D eigenvalue weighted by molar-refractivity contribution is 0.687. The maximum Gasteiger partial charge on any atom is 0.0702 e. The Balaban J connectivity index is 1.67. The number of thiophene rings is 1. The Kier molecular flexibility index (Phi) is 3.61. The first-order valence-electron chi connectivity index (χ1n) is 7.34. The van der Waals surface area contributed by atoms with Gasteiger partial charge in [0, 0.05) is 23.7 Å². The van der Waals surface area contributed by atoms with E-state index in [2.05, 4.69) is 68.4 Å². The summed E-state index contributed by atoms with van der Waals surface area (Å²) in [5.41, 5.74) is 2.77. The van der Waals surface area contributed by atoms with Crippen molar-refractivity contribution in [3.8, 4) is 0 Å². The van der Waals surface area contributed by atoms with Crippen LogP contribution in [0.25, 0.3) is 10.9 Å². The van der Waals surface area contributed by atoms with Gasteiger partial charge in [-0.1, -0.05) is 18.2 Å². The number of hydrogen-bond donors (Lipinski definition) is 1. The van der Waals surface area contributed by atoms with Crippen LogP contribution in [0.4, 0.5) is 0 Å². The van der Waals surface area contributed by atoms with Crippen LogP contribution in [0.5, 0.6) is 0 Å². The number of nitrogens with one attached hydrogen (secondary N) is 1. The molecule has 1 aliphatic rings. The Bertz CT molecular complexity index is 770. The predicted molar refractivity (Wildman–Crippen MR) is 92.9 cm³/mol. The van der Waals surface area contributed by atoms with Crippen molar-refractivity contribution in [1.29, 1.82) is 0 Å². The van der Waals surface area contributed by atoms with Crippen LogP contribution in [0.3, 0.4) is 0 Å². The zero-order chi connectivity index (χ0) is 14.2. The third-order valence-corrected chi connectivity index (χ3v) is 5.59. The van der Waals surface area contributed by atoms with Crippen LogP contribution in [0.15, 0.2) is 46.4 Å². The number of hydrogen-bond acceptors (Lipinski definition) is 2. The highest BCUT2D eigenvalue weighted by Crippen LogP contribution is 2.27. The fraction of sp³-hybridized carbons (Fsp3) is 0.294. The third kappa shape index (κ3) is 2.93. The van der Waals surface area contributed by atoms with Crippen molar-refractivity contribution in [3.05, 3.63) is 56.8 Å². The van der Waals surface area contributed by atoms with Gasteiger partial charge in [0.1, 0.15) is 0 Å². The number of fused-ring (bicyclic) bond motifs is 1. The normalized spacial score (nSPS) is 14.9. The zero-order valence-electron chi connectivity index (χ0n) is 11.7. The molecule has 108 valence electrons. The quantitative estimate of drug-likeness (QED) is 0.693. The van der Waals surface area contributed by atoms with Gasteiger partial charge >= 0.3 is 0 Å². The molecule has 0 radical (unpaired) electrons. The Morgan fingerprint density at radius 1 is 1.19 bits per heavy atom. The summed E-state index contributed by atoms with van der Waals surface area (Å²) in [5.74, 6) is 0. The minimum absolute atomic E-state index is 0.747. The average molecular weight is 361 g/mol. The Hall–Kier alpha value is -1.10. The molecule has 21 heavy (non-hydrogen) atoms. The molecule has 3 aromatic rings. The highest BCUT2D eigenvalue weighted by molar-refractivity contribution is 9.11. The summed E-state index contributed by atoms with van der Waals surface area (Å²) in [6.45, 7) is 1.92. The van der Waals surface area contributed by atoms with Crippen molar-refractivity contribution < 1.29 is 0 Å². The molecule has 0 amide bonds. The van der Waals surface area contributed by atoms with Crippen molar-refractivity contribution in [3.63, 3.8) is 0 Å². The molecule has 4 rings (SSSR count). The van der Waals surface area contributed by atoms with Gasteiger partial charge in [-0.3, -0.25) is 0 Å². The molecule has 1 aromatic carbocycles. The van der Waals surface area contributed by atoms with E-state index in [0.29, 0.717) is 0 Å². The fourth-order valence-corrected chi connectivity index (χ4v) is 4.24. The molecule has 1 aliphatic carbocycles. The molecule has 0 aliphatic heterocycles. The first kappa shape index (κ1) is 13.6. The van der Waals surface area contributed by atoms with Gasteiger partial charge in [0.15, 0.2) is 0 Å². The minimum atomic E-state index is 0.747. The standard InChI is InChI=1S/C17H17BrN2S/c18-16-7-6-15(21-16)11-20-9-8-12-2-1-3-13(17(12)20)10-19-14-4-5-14/h1-3,6-9,14,19H,4-5,10-11H2. The summed E-state index contributed by atoms with van der Waals surface area (Å²) in [7, 11) is 0. The second-order valence-electron chi connectivity index (χ2n) is 5.66. The summed E-state index contributed by atoms with van der Waals surface area (Å²) in [6, 6.07) is 13.9. The molecule has 0 unspecified atom stereocenters. The van der Waals surface area contributed by atoms with Gasteiger partial charge in [0.05, 0.1) is 15.8 Å². The predicted octanol–water partition coefficient (Wildman–Crippen LogP) is 4.77. The smallest absolute Gasteiger partial charge is 0.0702 e. The number of para-hydroxylation sites is 1. The maximum atomic E-state index is 3.63. The van der Waals surface area contributed by atoms with Crippen LogP contribution < -0.4 is 5.32 Å². The van der Waals surface area contributed by atoms with E-state index < -0.39 is 0 Å². The molecule has 4 heteroatoms. The second kappa shape index (κ2) is 5.59. The lowest BCUT2D eigenvalue weighted by Crippen LogP contribution is -2.16. The van der Waals surface area contributed by atoms with Crippen LogP contribution in [0.1, 0.15) is 23.3 Å². The Morgan fingerprint density at radius 3 is 2.86 bits per heavy atom. The molecular weight excluding hydrogens is 344 g/mol. The van der Waals surface area contributed by atoms with Gasteiger partial charge in [-0.15, -0.1) is 11.3 Å². The van der Waals surface area contributed by atoms with Crippen LogP contribution in [0.2, 0.25) is 0 Å². The summed E-state index contributed by atoms with van der Waals surface area (Å²) < 4.78 is 3.57. The molecule has 2 aromatic heterocycles. The first-order chi connectivity index (χ1) is 10.3. The van der Waals surface area contributed by atoms with E-state index in [1.165, 1.54) is 38.0 Å². The van der Waals surface area contributed by atoms with E-state index in [4.69, 9.17) is 0 Å². The molecular formula is C17H17BrN2S. The lowest BCUT2D eigenvalue weighted by atomic mass is 10.1. The minimum Gasteiger partial charge on any atom is -0.342 e. The fourth-order valence-electron chi connectivity index (χ4n) is 2.76. The molecule has 1 fully saturated rings. The van der Waals surface area contributed by atoms with Crippen LogP contribution in [-0.2, 0) is 13.1 Å². The van der Waals surface area contributed by atoms with Gasteiger partial charge in [0.25, 0.3) is 0 Å². The van der Waals surface area contributed by atoms with E-state index in [1.54, 1.807) is 0 Å². The Morgan fingerprint density at radius 2 is 2.10 bits per heavy atom. The number of halogens is 1. The molecule has 0 bridgehead atoms. The molecule has 0 spiro atoms. The van der Waals surface area contributed by atoms with E-state index in [9.17, 15) is 0 Å². The highest BCUT2D eigenvalue weighted by Gasteiger charge is 2.20. The molecule has 1 N–H and O–H groups in total. The van der Waals surface area contributed by atoms with Gasteiger partial charge < -0.3 is 9.88 Å². The SMILES string of the molecule is Brc1ccc(Cn2ccc3cccc(CNC4CC4)c32)s1. The van der Waals surface area contributed by atoms with Gasteiger partial charge in [0.2, 0.25) is 0 Å². The lowest BCUT2D eigenvalue weighted by Gasteiger charge is -2.10. The highest BCUT2D eigenvalue weighted by atomic mass is 79.9. The second-order valence-corrected chi connectivity index (χ2v) is 8.21. The number of benzene rings is 1. The molecule has 2 nitrogen and oxygen atoms in total. The summed E-state index contributed by atoms with van der Waals surface area (Å²) >= 11 is 5.36. The van der Waals surface area contributed by atoms with Gasteiger partial charge in [-0.25, -0.2) is 0 Å². The topological polar surface area (TPSA) is 17.0 Å². The average Bonchev–Trinajstić information content (AvgIpc) is 3.10. The van der Waals surface area contributed by atoms with Crippen molar-refractivity contribution in [2.75, 3.05) is 0 Å². The molecule has 0 saturated heterocycles. The van der Waals surface area contributed by atoms with E-state index in [-0.39, 0.29) is 0 Å². The van der Waals surface area contributed by atoms with Crippen molar-refractivity contribution in [1.82, 2.24) is 9.88 Å². The van der Waals surface area contributed by atoms with E-state index in [0.717, 1.165) is 19.1 Å². The van der Waals surface area contributed by atoms with Crippen LogP contribution >= 0.6 is 27.3 Å². The summed E-state index contributed by atoms with van der Waals surface area (Å²) in [4.78, 5) is 1.38. The number of rotatable bonds is 5. The zero-order valence-corrected chi connectivity index (χ0v) is 14.1. The molecule has 0 atom stereocenters. The molecule has 1 saturated carbocycles. The van der Waals surface area contributed by atoms with Crippen molar-refractivity contribution in [2.24, 2.45) is 0 Å². The van der Waals surface area contributed by atoms with Crippen molar-refractivity contribution >= 4 is 38.2 Å². The van der Waals surface area contributed by atoms with E-state index in [1.807, 2.05) is 11.3 Å². The third-order valence-electron chi connectivity index (χ3n) is 3.99. The number of nitrogens with zero attached hydrogens (tertiary/aromatic N) is 1.